The minimum absolute atomic E-state index is 0.0428. The molecule has 1 aromatic heterocycles. The average molecular weight is 198 g/mol. The molecule has 1 heterocycles. The average Bonchev–Trinajstić information content (AvgIpc) is 2.30. The van der Waals surface area contributed by atoms with Crippen molar-refractivity contribution in [3.63, 3.8) is 0 Å². The van der Waals surface area contributed by atoms with E-state index in [0.29, 0.717) is 5.56 Å². The second kappa shape index (κ2) is 3.46. The van der Waals surface area contributed by atoms with E-state index in [-0.39, 0.29) is 11.4 Å². The summed E-state index contributed by atoms with van der Waals surface area (Å²) < 4.78 is 4.05. The van der Waals surface area contributed by atoms with E-state index in [1.165, 1.54) is 11.5 Å². The number of nitrogens with one attached hydrogen (secondary N) is 1. The van der Waals surface area contributed by atoms with Crippen LogP contribution >= 0.6 is 11.5 Å². The van der Waals surface area contributed by atoms with Crippen LogP contribution in [0.25, 0.3) is 0 Å². The van der Waals surface area contributed by atoms with Gasteiger partial charge in [0.25, 0.3) is 5.91 Å². The fraction of sp³-hybridized carbons (Fsp3) is 0.556. The summed E-state index contributed by atoms with van der Waals surface area (Å²) in [5, 5.41) is 4.66. The predicted octanol–water partition coefficient (Wildman–Crippen LogP) is 1.98. The first-order valence-corrected chi connectivity index (χ1v) is 4.97. The fourth-order valence-corrected chi connectivity index (χ4v) is 1.61. The largest absolute Gasteiger partial charge is 0.347 e. The normalized spacial score (nSPS) is 11.4. The topological polar surface area (TPSA) is 42.0 Å². The molecule has 0 aliphatic rings. The van der Waals surface area contributed by atoms with E-state index < -0.39 is 0 Å². The van der Waals surface area contributed by atoms with Crippen LogP contribution in [0.4, 0.5) is 0 Å². The molecule has 0 saturated carbocycles. The molecule has 0 atom stereocenters. The number of amides is 1. The molecule has 0 aliphatic heterocycles. The van der Waals surface area contributed by atoms with Crippen molar-refractivity contribution in [3.05, 3.63) is 16.6 Å². The van der Waals surface area contributed by atoms with Gasteiger partial charge in [0, 0.05) is 10.9 Å². The molecule has 1 N–H and O–H groups in total. The Kier molecular flexibility index (Phi) is 2.71. The molecule has 0 unspecified atom stereocenters. The van der Waals surface area contributed by atoms with Crippen molar-refractivity contribution in [1.29, 1.82) is 0 Å². The lowest BCUT2D eigenvalue weighted by molar-refractivity contribution is 0.0919. The molecule has 72 valence electrons. The van der Waals surface area contributed by atoms with Gasteiger partial charge >= 0.3 is 0 Å². The highest BCUT2D eigenvalue weighted by Crippen LogP contribution is 2.10. The van der Waals surface area contributed by atoms with Crippen LogP contribution in [0.5, 0.6) is 0 Å². The SMILES string of the molecule is Cc1nscc1C(=O)NC(C)(C)C. The van der Waals surface area contributed by atoms with Crippen LogP contribution in [0.15, 0.2) is 5.38 Å². The van der Waals surface area contributed by atoms with Crippen molar-refractivity contribution in [3.8, 4) is 0 Å². The van der Waals surface area contributed by atoms with Crippen LogP contribution in [-0.4, -0.2) is 15.8 Å². The van der Waals surface area contributed by atoms with E-state index in [2.05, 4.69) is 9.69 Å². The highest BCUT2D eigenvalue weighted by Gasteiger charge is 2.17. The number of nitrogens with zero attached hydrogens (tertiary/aromatic N) is 1. The standard InChI is InChI=1S/C9H14N2OS/c1-6-7(5-13-11-6)8(12)10-9(2,3)4/h5H,1-4H3,(H,10,12). The van der Waals surface area contributed by atoms with Crippen LogP contribution < -0.4 is 5.32 Å². The van der Waals surface area contributed by atoms with Gasteiger partial charge in [-0.15, -0.1) is 0 Å². The molecule has 1 aromatic rings. The Hall–Kier alpha value is -0.900. The quantitative estimate of drug-likeness (QED) is 0.749. The molecule has 0 radical (unpaired) electrons. The smallest absolute Gasteiger partial charge is 0.254 e. The molecule has 3 nitrogen and oxygen atoms in total. The lowest BCUT2D eigenvalue weighted by Gasteiger charge is -2.20. The van der Waals surface area contributed by atoms with Crippen molar-refractivity contribution < 1.29 is 4.79 Å². The molecule has 13 heavy (non-hydrogen) atoms. The first-order valence-electron chi connectivity index (χ1n) is 4.13. The summed E-state index contributed by atoms with van der Waals surface area (Å²) in [6.45, 7) is 7.72. The molecule has 1 rings (SSSR count). The van der Waals surface area contributed by atoms with Gasteiger partial charge in [-0.25, -0.2) is 0 Å². The van der Waals surface area contributed by atoms with E-state index in [1.54, 1.807) is 5.38 Å². The Balaban J connectivity index is 2.76. The van der Waals surface area contributed by atoms with Gasteiger partial charge in [-0.05, 0) is 39.2 Å². The van der Waals surface area contributed by atoms with Crippen LogP contribution in [0.3, 0.4) is 0 Å². The third-order valence-corrected chi connectivity index (χ3v) is 2.20. The Morgan fingerprint density at radius 2 is 2.15 bits per heavy atom. The van der Waals surface area contributed by atoms with Crippen molar-refractivity contribution >= 4 is 17.4 Å². The number of aryl methyl sites for hydroxylation is 1. The Labute approximate surface area is 82.3 Å². The second-order valence-electron chi connectivity index (χ2n) is 4.02. The summed E-state index contributed by atoms with van der Waals surface area (Å²) in [6, 6.07) is 0. The van der Waals surface area contributed by atoms with Gasteiger partial charge in [0.2, 0.25) is 0 Å². The van der Waals surface area contributed by atoms with Crippen LogP contribution in [-0.2, 0) is 0 Å². The van der Waals surface area contributed by atoms with Crippen molar-refractivity contribution in [2.45, 2.75) is 33.2 Å². The lowest BCUT2D eigenvalue weighted by Crippen LogP contribution is -2.40. The molecule has 1 amide bonds. The van der Waals surface area contributed by atoms with Crippen LogP contribution in [0.2, 0.25) is 0 Å². The van der Waals surface area contributed by atoms with Gasteiger partial charge in [0.1, 0.15) is 0 Å². The molecular weight excluding hydrogens is 184 g/mol. The molecule has 0 bridgehead atoms. The number of hydrogen-bond donors (Lipinski definition) is 1. The Morgan fingerprint density at radius 1 is 1.54 bits per heavy atom. The second-order valence-corrected chi connectivity index (χ2v) is 4.65. The van der Waals surface area contributed by atoms with Gasteiger partial charge in [0.15, 0.2) is 0 Å². The minimum atomic E-state index is -0.189. The third-order valence-electron chi connectivity index (χ3n) is 1.48. The van der Waals surface area contributed by atoms with E-state index in [4.69, 9.17) is 0 Å². The molecule has 0 fully saturated rings. The highest BCUT2D eigenvalue weighted by molar-refractivity contribution is 7.03. The fourth-order valence-electron chi connectivity index (χ4n) is 0.918. The maximum Gasteiger partial charge on any atom is 0.254 e. The number of rotatable bonds is 1. The molecule has 0 saturated heterocycles. The lowest BCUT2D eigenvalue weighted by atomic mass is 10.1. The van der Waals surface area contributed by atoms with Gasteiger partial charge in [0.05, 0.1) is 11.3 Å². The zero-order valence-electron chi connectivity index (χ0n) is 8.34. The van der Waals surface area contributed by atoms with Gasteiger partial charge in [-0.3, -0.25) is 4.79 Å². The molecule has 0 aliphatic carbocycles. The maximum absolute atomic E-state index is 11.6. The zero-order valence-corrected chi connectivity index (χ0v) is 9.16. The first-order chi connectivity index (χ1) is 5.90. The summed E-state index contributed by atoms with van der Waals surface area (Å²) in [6.07, 6.45) is 0. The van der Waals surface area contributed by atoms with Gasteiger partial charge < -0.3 is 5.32 Å². The number of carbonyl (C=O) groups excluding carboxylic acids is 1. The van der Waals surface area contributed by atoms with Gasteiger partial charge in [-0.1, -0.05) is 0 Å². The number of carbonyl (C=O) groups is 1. The highest BCUT2D eigenvalue weighted by atomic mass is 32.1. The van der Waals surface area contributed by atoms with Gasteiger partial charge in [-0.2, -0.15) is 4.37 Å². The molecule has 0 spiro atoms. The predicted molar refractivity (Wildman–Crippen MR) is 54.1 cm³/mol. The number of aromatic nitrogens is 1. The summed E-state index contributed by atoms with van der Waals surface area (Å²) >= 11 is 1.31. The maximum atomic E-state index is 11.6. The summed E-state index contributed by atoms with van der Waals surface area (Å²) in [7, 11) is 0. The molecule has 0 aromatic carbocycles. The summed E-state index contributed by atoms with van der Waals surface area (Å²) in [4.78, 5) is 11.6. The van der Waals surface area contributed by atoms with Crippen molar-refractivity contribution in [1.82, 2.24) is 9.69 Å². The van der Waals surface area contributed by atoms with E-state index in [9.17, 15) is 4.79 Å². The molecular formula is C9H14N2OS. The first kappa shape index (κ1) is 10.2. The van der Waals surface area contributed by atoms with E-state index in [0.717, 1.165) is 5.69 Å². The van der Waals surface area contributed by atoms with Crippen LogP contribution in [0, 0.1) is 6.92 Å². The summed E-state index contributed by atoms with van der Waals surface area (Å²) in [5.41, 5.74) is 1.29. The van der Waals surface area contributed by atoms with Crippen LogP contribution in [0.1, 0.15) is 36.8 Å². The van der Waals surface area contributed by atoms with Crippen molar-refractivity contribution in [2.24, 2.45) is 0 Å². The molecule has 4 heteroatoms. The van der Waals surface area contributed by atoms with Crippen molar-refractivity contribution in [2.75, 3.05) is 0 Å². The third kappa shape index (κ3) is 2.81. The van der Waals surface area contributed by atoms with E-state index in [1.807, 2.05) is 27.7 Å². The summed E-state index contributed by atoms with van der Waals surface area (Å²) in [5.74, 6) is -0.0428. The zero-order chi connectivity index (χ0) is 10.1. The Bertz CT molecular complexity index is 312. The number of hydrogen-bond acceptors (Lipinski definition) is 3. The Morgan fingerprint density at radius 3 is 2.54 bits per heavy atom. The minimum Gasteiger partial charge on any atom is -0.347 e. The van der Waals surface area contributed by atoms with E-state index >= 15 is 0 Å². The monoisotopic (exact) mass is 198 g/mol.